The van der Waals surface area contributed by atoms with Gasteiger partial charge in [-0.3, -0.25) is 19.7 Å². The van der Waals surface area contributed by atoms with E-state index in [0.717, 1.165) is 31.6 Å². The van der Waals surface area contributed by atoms with Crippen LogP contribution in [0.5, 0.6) is 0 Å². The van der Waals surface area contributed by atoms with Gasteiger partial charge in [-0.05, 0) is 43.2 Å². The van der Waals surface area contributed by atoms with Crippen LogP contribution in [0.4, 0.5) is 17.1 Å². The second-order valence-corrected chi connectivity index (χ2v) is 6.05. The zero-order chi connectivity index (χ0) is 18.7. The number of carbonyl (C=O) groups excluding carboxylic acids is 2. The van der Waals surface area contributed by atoms with E-state index in [0.29, 0.717) is 11.3 Å². The van der Waals surface area contributed by atoms with Gasteiger partial charge < -0.3 is 16.0 Å². The van der Waals surface area contributed by atoms with E-state index < -0.39 is 16.7 Å². The van der Waals surface area contributed by atoms with Gasteiger partial charge in [-0.1, -0.05) is 0 Å². The number of hydrogen-bond acceptors (Lipinski definition) is 5. The molecular weight excluding hydrogens is 336 g/mol. The molecule has 134 valence electrons. The molecule has 2 aromatic carbocycles. The molecule has 1 heterocycles. The van der Waals surface area contributed by atoms with Gasteiger partial charge in [0, 0.05) is 36.3 Å². The molecule has 0 radical (unpaired) electrons. The van der Waals surface area contributed by atoms with Crippen LogP contribution in [0.25, 0.3) is 0 Å². The molecule has 26 heavy (non-hydrogen) atoms. The maximum atomic E-state index is 12.5. The first-order valence-corrected chi connectivity index (χ1v) is 8.20. The largest absolute Gasteiger partial charge is 0.370 e. The molecule has 0 aliphatic carbocycles. The van der Waals surface area contributed by atoms with Crippen LogP contribution in [0.15, 0.2) is 42.5 Å². The van der Waals surface area contributed by atoms with Crippen molar-refractivity contribution >= 4 is 28.9 Å². The van der Waals surface area contributed by atoms with Gasteiger partial charge in [0.25, 0.3) is 11.6 Å². The molecule has 1 saturated heterocycles. The summed E-state index contributed by atoms with van der Waals surface area (Å²) in [5.41, 5.74) is 7.15. The molecule has 2 aromatic rings. The smallest absolute Gasteiger partial charge is 0.269 e. The molecule has 1 aliphatic heterocycles. The third-order valence-electron chi connectivity index (χ3n) is 4.32. The Labute approximate surface area is 149 Å². The van der Waals surface area contributed by atoms with Crippen LogP contribution in [-0.4, -0.2) is 29.8 Å². The lowest BCUT2D eigenvalue weighted by Gasteiger charge is -2.22. The Kier molecular flexibility index (Phi) is 4.83. The Morgan fingerprint density at radius 3 is 2.23 bits per heavy atom. The number of nitro benzene ring substituents is 1. The summed E-state index contributed by atoms with van der Waals surface area (Å²) in [5.74, 6) is -0.995. The maximum absolute atomic E-state index is 12.5. The quantitative estimate of drug-likeness (QED) is 0.632. The van der Waals surface area contributed by atoms with Crippen molar-refractivity contribution in [3.63, 3.8) is 0 Å². The maximum Gasteiger partial charge on any atom is 0.269 e. The minimum atomic E-state index is -0.580. The van der Waals surface area contributed by atoms with Gasteiger partial charge in [0.05, 0.1) is 16.3 Å². The first kappa shape index (κ1) is 17.4. The topological polar surface area (TPSA) is 119 Å². The summed E-state index contributed by atoms with van der Waals surface area (Å²) >= 11 is 0. The van der Waals surface area contributed by atoms with E-state index in [1.165, 1.54) is 24.3 Å². The molecular formula is C18H18N4O4. The Balaban J connectivity index is 1.88. The Bertz CT molecular complexity index is 858. The zero-order valence-electron chi connectivity index (χ0n) is 14.0. The molecule has 0 bridgehead atoms. The molecule has 3 N–H and O–H groups in total. The van der Waals surface area contributed by atoms with Crippen molar-refractivity contribution in [2.45, 2.75) is 12.8 Å². The number of rotatable bonds is 5. The average molecular weight is 354 g/mol. The van der Waals surface area contributed by atoms with Crippen molar-refractivity contribution in [3.05, 3.63) is 63.7 Å². The average Bonchev–Trinajstić information content (AvgIpc) is 3.16. The predicted molar refractivity (Wildman–Crippen MR) is 97.5 cm³/mol. The Morgan fingerprint density at radius 1 is 1.04 bits per heavy atom. The van der Waals surface area contributed by atoms with E-state index in [1.54, 1.807) is 18.2 Å². The SMILES string of the molecule is NC(=O)c1ccc(N2CCCC2)c(NC(=O)c2ccc([N+](=O)[O-])cc2)c1. The highest BCUT2D eigenvalue weighted by Gasteiger charge is 2.19. The number of nitrogens with zero attached hydrogens (tertiary/aromatic N) is 2. The Morgan fingerprint density at radius 2 is 1.65 bits per heavy atom. The summed E-state index contributed by atoms with van der Waals surface area (Å²) in [6.07, 6.45) is 2.13. The van der Waals surface area contributed by atoms with Crippen molar-refractivity contribution in [3.8, 4) is 0 Å². The fraction of sp³-hybridized carbons (Fsp3) is 0.222. The molecule has 1 aliphatic rings. The van der Waals surface area contributed by atoms with E-state index in [1.807, 2.05) is 0 Å². The number of benzene rings is 2. The van der Waals surface area contributed by atoms with Crippen molar-refractivity contribution in [1.29, 1.82) is 0 Å². The van der Waals surface area contributed by atoms with E-state index in [4.69, 9.17) is 5.73 Å². The summed E-state index contributed by atoms with van der Waals surface area (Å²) in [4.78, 5) is 36.3. The minimum Gasteiger partial charge on any atom is -0.370 e. The number of nitrogens with two attached hydrogens (primary N) is 1. The summed E-state index contributed by atoms with van der Waals surface area (Å²) in [5, 5.41) is 13.5. The highest BCUT2D eigenvalue weighted by Crippen LogP contribution is 2.30. The molecule has 1 fully saturated rings. The minimum absolute atomic E-state index is 0.0879. The fourth-order valence-electron chi connectivity index (χ4n) is 2.95. The number of nitrogens with one attached hydrogen (secondary N) is 1. The lowest BCUT2D eigenvalue weighted by atomic mass is 10.1. The highest BCUT2D eigenvalue weighted by atomic mass is 16.6. The van der Waals surface area contributed by atoms with Gasteiger partial charge in [-0.25, -0.2) is 0 Å². The second kappa shape index (κ2) is 7.22. The third kappa shape index (κ3) is 3.64. The lowest BCUT2D eigenvalue weighted by Crippen LogP contribution is -2.22. The molecule has 0 unspecified atom stereocenters. The number of amides is 2. The van der Waals surface area contributed by atoms with E-state index in [9.17, 15) is 19.7 Å². The molecule has 2 amide bonds. The van der Waals surface area contributed by atoms with Crippen LogP contribution in [0.2, 0.25) is 0 Å². The number of primary amides is 1. The summed E-state index contributed by atoms with van der Waals surface area (Å²) in [6, 6.07) is 10.3. The van der Waals surface area contributed by atoms with Crippen LogP contribution < -0.4 is 16.0 Å². The molecule has 0 spiro atoms. The summed E-state index contributed by atoms with van der Waals surface area (Å²) in [6.45, 7) is 1.74. The first-order chi connectivity index (χ1) is 12.5. The van der Waals surface area contributed by atoms with Crippen molar-refractivity contribution in [1.82, 2.24) is 0 Å². The first-order valence-electron chi connectivity index (χ1n) is 8.20. The van der Waals surface area contributed by atoms with Gasteiger partial charge in [0.15, 0.2) is 0 Å². The molecule has 8 nitrogen and oxygen atoms in total. The zero-order valence-corrected chi connectivity index (χ0v) is 14.0. The number of hydrogen-bond donors (Lipinski definition) is 2. The van der Waals surface area contributed by atoms with Gasteiger partial charge in [-0.15, -0.1) is 0 Å². The summed E-state index contributed by atoms with van der Waals surface area (Å²) in [7, 11) is 0. The third-order valence-corrected chi connectivity index (χ3v) is 4.32. The van der Waals surface area contributed by atoms with Gasteiger partial charge in [0.1, 0.15) is 0 Å². The number of nitro groups is 1. The van der Waals surface area contributed by atoms with Crippen LogP contribution in [0.1, 0.15) is 33.6 Å². The lowest BCUT2D eigenvalue weighted by molar-refractivity contribution is -0.384. The molecule has 0 saturated carbocycles. The number of carbonyl (C=O) groups is 2. The highest BCUT2D eigenvalue weighted by molar-refractivity contribution is 6.07. The van der Waals surface area contributed by atoms with Crippen LogP contribution in [-0.2, 0) is 0 Å². The van der Waals surface area contributed by atoms with Crippen LogP contribution in [0.3, 0.4) is 0 Å². The van der Waals surface area contributed by atoms with Crippen LogP contribution in [0, 0.1) is 10.1 Å². The van der Waals surface area contributed by atoms with Gasteiger partial charge >= 0.3 is 0 Å². The van der Waals surface area contributed by atoms with E-state index >= 15 is 0 Å². The normalized spacial score (nSPS) is 13.5. The second-order valence-electron chi connectivity index (χ2n) is 6.05. The van der Waals surface area contributed by atoms with Crippen molar-refractivity contribution in [2.24, 2.45) is 5.73 Å². The number of anilines is 2. The fourth-order valence-corrected chi connectivity index (χ4v) is 2.95. The summed E-state index contributed by atoms with van der Waals surface area (Å²) < 4.78 is 0. The molecule has 3 rings (SSSR count). The molecule has 0 atom stereocenters. The monoisotopic (exact) mass is 354 g/mol. The van der Waals surface area contributed by atoms with Crippen molar-refractivity contribution < 1.29 is 14.5 Å². The van der Waals surface area contributed by atoms with Crippen LogP contribution >= 0.6 is 0 Å². The Hall–Kier alpha value is -3.42. The van der Waals surface area contributed by atoms with E-state index in [2.05, 4.69) is 10.2 Å². The molecule has 0 aromatic heterocycles. The number of non-ortho nitro benzene ring substituents is 1. The predicted octanol–water partition coefficient (Wildman–Crippen LogP) is 2.55. The van der Waals surface area contributed by atoms with Gasteiger partial charge in [0.2, 0.25) is 5.91 Å². The van der Waals surface area contributed by atoms with E-state index in [-0.39, 0.29) is 11.3 Å². The standard InChI is InChI=1S/C18H18N4O4/c19-17(23)13-5-8-16(21-9-1-2-10-21)15(11-13)20-18(24)12-3-6-14(7-4-12)22(25)26/h3-8,11H,1-2,9-10H2,(H2,19,23)(H,20,24). The van der Waals surface area contributed by atoms with Gasteiger partial charge in [-0.2, -0.15) is 0 Å². The van der Waals surface area contributed by atoms with Crippen molar-refractivity contribution in [2.75, 3.05) is 23.3 Å². The molecule has 8 heteroatoms.